The number of hydrogen-bond acceptors (Lipinski definition) is 5. The van der Waals surface area contributed by atoms with Crippen LogP contribution in [-0.4, -0.2) is 57.3 Å². The lowest BCUT2D eigenvalue weighted by atomic mass is 10.00. The Hall–Kier alpha value is -1.47. The summed E-state index contributed by atoms with van der Waals surface area (Å²) in [5.41, 5.74) is 0. The highest BCUT2D eigenvalue weighted by Gasteiger charge is 2.28. The van der Waals surface area contributed by atoms with Crippen LogP contribution in [0.1, 0.15) is 361 Å². The first kappa shape index (κ1) is 72.5. The second-order valence-corrected chi connectivity index (χ2v) is 23.2. The smallest absolute Gasteiger partial charge is 0.249 e. The van der Waals surface area contributed by atoms with Gasteiger partial charge in [0.15, 0.2) is 0 Å². The Balaban J connectivity index is 3.57. The molecule has 0 aromatic rings. The van der Waals surface area contributed by atoms with Crippen LogP contribution in [0, 0.1) is 0 Å². The third kappa shape index (κ3) is 55.3. The van der Waals surface area contributed by atoms with Gasteiger partial charge in [0, 0.05) is 0 Å². The molecule has 0 aromatic heterocycles. The number of allylic oxidation sites excluding steroid dienone is 6. The van der Waals surface area contributed by atoms with Crippen LogP contribution in [0.5, 0.6) is 0 Å². The summed E-state index contributed by atoms with van der Waals surface area (Å²) < 4.78 is 0. The van der Waals surface area contributed by atoms with Crippen LogP contribution < -0.4 is 5.32 Å². The van der Waals surface area contributed by atoms with Gasteiger partial charge in [-0.3, -0.25) is 4.79 Å². The Morgan fingerprint density at radius 2 is 0.568 bits per heavy atom. The molecule has 4 unspecified atom stereocenters. The molecule has 0 aliphatic heterocycles. The van der Waals surface area contributed by atoms with E-state index in [9.17, 15) is 25.2 Å². The van der Waals surface area contributed by atoms with Crippen molar-refractivity contribution in [3.8, 4) is 0 Å². The van der Waals surface area contributed by atoms with Crippen LogP contribution >= 0.6 is 0 Å². The van der Waals surface area contributed by atoms with Crippen LogP contribution in [-0.2, 0) is 4.79 Å². The molecule has 0 aliphatic rings. The maximum absolute atomic E-state index is 12.6. The predicted octanol–water partition coefficient (Wildman–Crippen LogP) is 20.3. The van der Waals surface area contributed by atoms with Gasteiger partial charge in [-0.25, -0.2) is 0 Å². The molecule has 0 fully saturated rings. The molecule has 1 amide bonds. The molecule has 6 heteroatoms. The topological polar surface area (TPSA) is 110 Å². The average Bonchev–Trinajstić information content (AvgIpc) is 3.41. The Bertz CT molecular complexity index is 1170. The van der Waals surface area contributed by atoms with E-state index in [1.54, 1.807) is 0 Å². The minimum absolute atomic E-state index is 0.362. The zero-order chi connectivity index (χ0) is 53.7. The van der Waals surface area contributed by atoms with Gasteiger partial charge in [-0.05, 0) is 77.0 Å². The maximum Gasteiger partial charge on any atom is 0.249 e. The summed E-state index contributed by atoms with van der Waals surface area (Å²) in [7, 11) is 0. The van der Waals surface area contributed by atoms with Gasteiger partial charge in [-0.2, -0.15) is 0 Å². The van der Waals surface area contributed by atoms with E-state index in [0.717, 1.165) is 38.5 Å². The number of rotatable bonds is 62. The van der Waals surface area contributed by atoms with Crippen molar-refractivity contribution >= 4 is 5.91 Å². The van der Waals surface area contributed by atoms with Crippen molar-refractivity contribution in [1.82, 2.24) is 5.32 Å². The molecule has 0 saturated heterocycles. The van der Waals surface area contributed by atoms with Crippen molar-refractivity contribution in [3.63, 3.8) is 0 Å². The van der Waals surface area contributed by atoms with Crippen LogP contribution in [0.4, 0.5) is 0 Å². The van der Waals surface area contributed by atoms with Crippen molar-refractivity contribution in [1.29, 1.82) is 0 Å². The highest BCUT2D eigenvalue weighted by Crippen LogP contribution is 2.18. The molecule has 6 nitrogen and oxygen atoms in total. The van der Waals surface area contributed by atoms with Crippen molar-refractivity contribution in [2.24, 2.45) is 0 Å². The van der Waals surface area contributed by atoms with Crippen LogP contribution in [0.25, 0.3) is 0 Å². The second kappa shape index (κ2) is 62.4. The van der Waals surface area contributed by atoms with Gasteiger partial charge in [0.2, 0.25) is 5.91 Å². The standard InChI is InChI=1S/C68H131NO5/c1-3-5-7-9-11-13-15-17-19-21-23-25-27-28-29-30-31-32-33-34-35-36-37-38-39-40-42-44-46-48-50-52-54-56-58-60-62-66(72)68(74)69-64(63-70)67(73)65(71)61-59-57-55-53-51-49-47-45-43-41-26-24-22-20-18-16-14-12-10-8-6-4-2/h32-33,45,47,53,55,64-67,70-73H,3-31,34-44,46,48-52,54,56-63H2,1-2H3,(H,69,74)/b33-32-,47-45+,55-53+. The fourth-order valence-electron chi connectivity index (χ4n) is 10.6. The van der Waals surface area contributed by atoms with E-state index in [1.807, 2.05) is 0 Å². The molecule has 0 heterocycles. The molecule has 5 N–H and O–H groups in total. The maximum atomic E-state index is 12.6. The Morgan fingerprint density at radius 3 is 0.851 bits per heavy atom. The van der Waals surface area contributed by atoms with Gasteiger partial charge in [-0.15, -0.1) is 0 Å². The minimum Gasteiger partial charge on any atom is -0.394 e. The lowest BCUT2D eigenvalue weighted by Crippen LogP contribution is -2.53. The predicted molar refractivity (Wildman–Crippen MR) is 325 cm³/mol. The van der Waals surface area contributed by atoms with E-state index in [4.69, 9.17) is 0 Å². The van der Waals surface area contributed by atoms with Gasteiger partial charge < -0.3 is 25.7 Å². The van der Waals surface area contributed by atoms with E-state index in [-0.39, 0.29) is 0 Å². The van der Waals surface area contributed by atoms with E-state index in [1.165, 1.54) is 289 Å². The van der Waals surface area contributed by atoms with Gasteiger partial charge in [0.05, 0.1) is 18.8 Å². The zero-order valence-electron chi connectivity index (χ0n) is 49.9. The summed E-state index contributed by atoms with van der Waals surface area (Å²) >= 11 is 0. The van der Waals surface area contributed by atoms with Gasteiger partial charge in [0.1, 0.15) is 12.2 Å². The fraction of sp³-hybridized carbons (Fsp3) is 0.897. The number of unbranched alkanes of at least 4 members (excludes halogenated alkanes) is 47. The molecular weight excluding hydrogens is 911 g/mol. The monoisotopic (exact) mass is 1040 g/mol. The molecule has 0 radical (unpaired) electrons. The fourth-order valence-corrected chi connectivity index (χ4v) is 10.6. The Labute approximate surface area is 462 Å². The SMILES string of the molecule is CCCCCCCCCCCCCCC/C=C/CC/C=C/CCCC(O)C(O)C(CO)NC(=O)C(O)CCCCCCCCCCCCCCCCCC/C=C\CCCCCCCCCCCCCCCCCC. The Morgan fingerprint density at radius 1 is 0.324 bits per heavy atom. The summed E-state index contributed by atoms with van der Waals surface area (Å²) in [6.07, 6.45) is 79.8. The first-order chi connectivity index (χ1) is 36.5. The number of aliphatic hydroxyl groups excluding tert-OH is 4. The van der Waals surface area contributed by atoms with E-state index in [2.05, 4.69) is 55.6 Å². The number of hydrogen-bond donors (Lipinski definition) is 5. The van der Waals surface area contributed by atoms with Crippen molar-refractivity contribution in [3.05, 3.63) is 36.5 Å². The third-order valence-electron chi connectivity index (χ3n) is 15.8. The summed E-state index contributed by atoms with van der Waals surface area (Å²) in [5, 5.41) is 44.1. The lowest BCUT2D eigenvalue weighted by Gasteiger charge is -2.27. The number of carbonyl (C=O) groups excluding carboxylic acids is 1. The summed E-state index contributed by atoms with van der Waals surface area (Å²) in [6.45, 7) is 4.08. The largest absolute Gasteiger partial charge is 0.394 e. The number of aliphatic hydroxyl groups is 4. The average molecular weight is 1040 g/mol. The minimum atomic E-state index is -1.29. The van der Waals surface area contributed by atoms with Gasteiger partial charge >= 0.3 is 0 Å². The van der Waals surface area contributed by atoms with Gasteiger partial charge in [0.25, 0.3) is 0 Å². The summed E-state index contributed by atoms with van der Waals surface area (Å²) in [4.78, 5) is 12.6. The zero-order valence-corrected chi connectivity index (χ0v) is 49.9. The summed E-state index contributed by atoms with van der Waals surface area (Å²) in [6, 6.07) is -1.01. The van der Waals surface area contributed by atoms with Crippen LogP contribution in [0.3, 0.4) is 0 Å². The quantitative estimate of drug-likeness (QED) is 0.0308. The van der Waals surface area contributed by atoms with Crippen LogP contribution in [0.2, 0.25) is 0 Å². The molecule has 0 bridgehead atoms. The van der Waals surface area contributed by atoms with Crippen LogP contribution in [0.15, 0.2) is 36.5 Å². The second-order valence-electron chi connectivity index (χ2n) is 23.2. The number of carbonyl (C=O) groups is 1. The third-order valence-corrected chi connectivity index (χ3v) is 15.8. The molecule has 0 aliphatic carbocycles. The van der Waals surface area contributed by atoms with Crippen molar-refractivity contribution in [2.75, 3.05) is 6.61 Å². The van der Waals surface area contributed by atoms with E-state index < -0.39 is 36.9 Å². The Kier molecular flexibility index (Phi) is 61.1. The first-order valence-corrected chi connectivity index (χ1v) is 33.4. The van der Waals surface area contributed by atoms with Gasteiger partial charge in [-0.1, -0.05) is 320 Å². The van der Waals surface area contributed by atoms with Crippen molar-refractivity contribution < 1.29 is 25.2 Å². The normalized spacial score (nSPS) is 13.8. The highest BCUT2D eigenvalue weighted by molar-refractivity contribution is 5.80. The molecule has 0 saturated carbocycles. The lowest BCUT2D eigenvalue weighted by molar-refractivity contribution is -0.132. The number of amides is 1. The molecular formula is C68H131NO5. The highest BCUT2D eigenvalue weighted by atomic mass is 16.3. The molecule has 74 heavy (non-hydrogen) atoms. The van der Waals surface area contributed by atoms with Crippen molar-refractivity contribution in [2.45, 2.75) is 385 Å². The molecule has 0 spiro atoms. The summed E-state index contributed by atoms with van der Waals surface area (Å²) in [5.74, 6) is -0.592. The molecule has 0 rings (SSSR count). The van der Waals surface area contributed by atoms with E-state index in [0.29, 0.717) is 19.3 Å². The first-order valence-electron chi connectivity index (χ1n) is 33.4. The van der Waals surface area contributed by atoms with E-state index >= 15 is 0 Å². The molecule has 438 valence electrons. The molecule has 4 atom stereocenters. The number of nitrogens with one attached hydrogen (secondary N) is 1. The molecule has 0 aromatic carbocycles.